The minimum absolute atomic E-state index is 0.422. The second-order valence-corrected chi connectivity index (χ2v) is 5.59. The molecule has 2 unspecified atom stereocenters. The Bertz CT molecular complexity index is 306. The highest BCUT2D eigenvalue weighted by atomic mass is 35.5. The molecule has 0 spiro atoms. The van der Waals surface area contributed by atoms with Crippen LogP contribution in [0.2, 0.25) is 5.02 Å². The summed E-state index contributed by atoms with van der Waals surface area (Å²) in [6.07, 6.45) is 1.29. The quantitative estimate of drug-likeness (QED) is 0.870. The second kappa shape index (κ2) is 5.24. The molecule has 1 aliphatic heterocycles. The molecule has 1 N–H and O–H groups in total. The van der Waals surface area contributed by atoms with Crippen LogP contribution < -0.4 is 5.32 Å². The Morgan fingerprint density at radius 2 is 2.13 bits per heavy atom. The van der Waals surface area contributed by atoms with Crippen molar-refractivity contribution in [1.82, 2.24) is 5.32 Å². The maximum absolute atomic E-state index is 5.86. The van der Waals surface area contributed by atoms with E-state index in [-0.39, 0.29) is 0 Å². The van der Waals surface area contributed by atoms with Crippen molar-refractivity contribution in [2.75, 3.05) is 11.5 Å². The van der Waals surface area contributed by atoms with Crippen LogP contribution in [-0.2, 0) is 0 Å². The molecule has 0 aliphatic carbocycles. The third kappa shape index (κ3) is 3.13. The number of halogens is 1. The molecule has 3 heteroatoms. The van der Waals surface area contributed by atoms with Crippen molar-refractivity contribution in [3.63, 3.8) is 0 Å². The molecule has 1 saturated heterocycles. The molecule has 2 atom stereocenters. The molecule has 2 rings (SSSR count). The fraction of sp³-hybridized carbons (Fsp3) is 0.500. The number of benzene rings is 1. The Hall–Kier alpha value is -0.180. The van der Waals surface area contributed by atoms with Crippen molar-refractivity contribution in [2.24, 2.45) is 0 Å². The van der Waals surface area contributed by atoms with Gasteiger partial charge in [0.1, 0.15) is 0 Å². The summed E-state index contributed by atoms with van der Waals surface area (Å²) in [5.74, 6) is 2.54. The Labute approximate surface area is 101 Å². The van der Waals surface area contributed by atoms with Gasteiger partial charge in [0.15, 0.2) is 0 Å². The lowest BCUT2D eigenvalue weighted by atomic mass is 10.1. The highest BCUT2D eigenvalue weighted by molar-refractivity contribution is 7.99. The maximum Gasteiger partial charge on any atom is 0.0406 e. The first-order valence-electron chi connectivity index (χ1n) is 5.35. The fourth-order valence-corrected chi connectivity index (χ4v) is 3.16. The summed E-state index contributed by atoms with van der Waals surface area (Å²) in [5, 5.41) is 4.46. The minimum atomic E-state index is 0.422. The Balaban J connectivity index is 1.94. The van der Waals surface area contributed by atoms with Crippen molar-refractivity contribution >= 4 is 23.4 Å². The van der Waals surface area contributed by atoms with Crippen molar-refractivity contribution in [3.05, 3.63) is 34.9 Å². The normalized spacial score (nSPS) is 22.9. The number of thioether (sulfide) groups is 1. The molecule has 82 valence electrons. The van der Waals surface area contributed by atoms with Gasteiger partial charge in [-0.2, -0.15) is 11.8 Å². The third-order valence-corrected chi connectivity index (χ3v) is 4.20. The number of hydrogen-bond donors (Lipinski definition) is 1. The van der Waals surface area contributed by atoms with Crippen LogP contribution in [-0.4, -0.2) is 17.5 Å². The maximum atomic E-state index is 5.86. The van der Waals surface area contributed by atoms with Gasteiger partial charge < -0.3 is 5.32 Å². The minimum Gasteiger partial charge on any atom is -0.307 e. The van der Waals surface area contributed by atoms with E-state index in [0.29, 0.717) is 12.1 Å². The Kier molecular flexibility index (Phi) is 3.95. The summed E-state index contributed by atoms with van der Waals surface area (Å²) in [5.41, 5.74) is 1.32. The number of rotatable bonds is 3. The summed E-state index contributed by atoms with van der Waals surface area (Å²) in [6.45, 7) is 2.21. The van der Waals surface area contributed by atoms with E-state index in [1.807, 2.05) is 23.9 Å². The lowest BCUT2D eigenvalue weighted by Crippen LogP contribution is -2.31. The molecule has 0 saturated carbocycles. The summed E-state index contributed by atoms with van der Waals surface area (Å²) < 4.78 is 0. The number of nitrogens with one attached hydrogen (secondary N) is 1. The van der Waals surface area contributed by atoms with E-state index in [1.54, 1.807) is 0 Å². The molecule has 0 amide bonds. The molecule has 15 heavy (non-hydrogen) atoms. The van der Waals surface area contributed by atoms with Gasteiger partial charge in [-0.15, -0.1) is 0 Å². The topological polar surface area (TPSA) is 12.0 Å². The van der Waals surface area contributed by atoms with E-state index in [9.17, 15) is 0 Å². The van der Waals surface area contributed by atoms with E-state index in [4.69, 9.17) is 11.6 Å². The summed E-state index contributed by atoms with van der Waals surface area (Å²) in [6, 6.07) is 9.22. The summed E-state index contributed by atoms with van der Waals surface area (Å²) >= 11 is 7.90. The average Bonchev–Trinajstić information content (AvgIpc) is 2.71. The van der Waals surface area contributed by atoms with E-state index >= 15 is 0 Å². The molecule has 1 heterocycles. The van der Waals surface area contributed by atoms with Crippen molar-refractivity contribution < 1.29 is 0 Å². The van der Waals surface area contributed by atoms with Gasteiger partial charge in [0.2, 0.25) is 0 Å². The fourth-order valence-electron chi connectivity index (χ4n) is 1.87. The molecule has 0 aromatic heterocycles. The van der Waals surface area contributed by atoms with Crippen molar-refractivity contribution in [2.45, 2.75) is 25.4 Å². The lowest BCUT2D eigenvalue weighted by molar-refractivity contribution is 0.486. The molecular weight excluding hydrogens is 226 g/mol. The largest absolute Gasteiger partial charge is 0.307 e. The third-order valence-electron chi connectivity index (χ3n) is 2.79. The highest BCUT2D eigenvalue weighted by Gasteiger charge is 2.17. The summed E-state index contributed by atoms with van der Waals surface area (Å²) in [4.78, 5) is 0. The van der Waals surface area contributed by atoms with Crippen LogP contribution in [0.4, 0.5) is 0 Å². The van der Waals surface area contributed by atoms with Gasteiger partial charge in [-0.05, 0) is 36.8 Å². The molecule has 0 bridgehead atoms. The van der Waals surface area contributed by atoms with Crippen LogP contribution in [0.3, 0.4) is 0 Å². The van der Waals surface area contributed by atoms with Gasteiger partial charge in [0.25, 0.3) is 0 Å². The van der Waals surface area contributed by atoms with Crippen LogP contribution in [0.5, 0.6) is 0 Å². The van der Waals surface area contributed by atoms with Gasteiger partial charge in [0.05, 0.1) is 0 Å². The molecule has 1 aliphatic rings. The number of hydrogen-bond acceptors (Lipinski definition) is 2. The molecule has 0 radical (unpaired) electrons. The van der Waals surface area contributed by atoms with Gasteiger partial charge in [-0.3, -0.25) is 0 Å². The van der Waals surface area contributed by atoms with Crippen molar-refractivity contribution in [1.29, 1.82) is 0 Å². The monoisotopic (exact) mass is 241 g/mol. The summed E-state index contributed by atoms with van der Waals surface area (Å²) in [7, 11) is 0. The van der Waals surface area contributed by atoms with Crippen LogP contribution in [0, 0.1) is 0 Å². The first-order valence-corrected chi connectivity index (χ1v) is 6.88. The van der Waals surface area contributed by atoms with Gasteiger partial charge >= 0.3 is 0 Å². The SMILES string of the molecule is CC(NC1CCSC1)c1ccc(Cl)cc1. The van der Waals surface area contributed by atoms with Crippen LogP contribution in [0.1, 0.15) is 24.9 Å². The van der Waals surface area contributed by atoms with Crippen LogP contribution in [0.15, 0.2) is 24.3 Å². The smallest absolute Gasteiger partial charge is 0.0406 e. The highest BCUT2D eigenvalue weighted by Crippen LogP contribution is 2.22. The van der Waals surface area contributed by atoms with Crippen LogP contribution >= 0.6 is 23.4 Å². The zero-order valence-corrected chi connectivity index (χ0v) is 10.4. The molecule has 1 aromatic rings. The first-order chi connectivity index (χ1) is 7.25. The van der Waals surface area contributed by atoms with E-state index in [1.165, 1.54) is 23.5 Å². The zero-order valence-electron chi connectivity index (χ0n) is 8.87. The van der Waals surface area contributed by atoms with Gasteiger partial charge in [-0.1, -0.05) is 23.7 Å². The first kappa shape index (κ1) is 11.3. The van der Waals surface area contributed by atoms with Crippen molar-refractivity contribution in [3.8, 4) is 0 Å². The predicted octanol–water partition coefficient (Wildman–Crippen LogP) is 3.50. The molecular formula is C12H16ClNS. The Morgan fingerprint density at radius 1 is 1.40 bits per heavy atom. The van der Waals surface area contributed by atoms with E-state index < -0.39 is 0 Å². The van der Waals surface area contributed by atoms with Crippen LogP contribution in [0.25, 0.3) is 0 Å². The molecule has 1 aromatic carbocycles. The molecule has 1 nitrogen and oxygen atoms in total. The van der Waals surface area contributed by atoms with Gasteiger partial charge in [0, 0.05) is 22.9 Å². The second-order valence-electron chi connectivity index (χ2n) is 4.00. The lowest BCUT2D eigenvalue weighted by Gasteiger charge is -2.19. The molecule has 1 fully saturated rings. The van der Waals surface area contributed by atoms with Gasteiger partial charge in [-0.25, -0.2) is 0 Å². The van der Waals surface area contributed by atoms with E-state index in [2.05, 4.69) is 24.4 Å². The standard InChI is InChI=1S/C12H16ClNS/c1-9(14-12-6-7-15-8-12)10-2-4-11(13)5-3-10/h2-5,9,12,14H,6-8H2,1H3. The average molecular weight is 242 g/mol. The predicted molar refractivity (Wildman–Crippen MR) is 68.7 cm³/mol. The van der Waals surface area contributed by atoms with E-state index in [0.717, 1.165) is 5.02 Å². The zero-order chi connectivity index (χ0) is 10.7. The Morgan fingerprint density at radius 3 is 2.73 bits per heavy atom.